The van der Waals surface area contributed by atoms with Crippen molar-refractivity contribution in [3.05, 3.63) is 53.1 Å². The standard InChI is InChI=1S/C16H19N3O2/c1-18-6-3-4-15(18)16(20)19-7-5-14-12(10-19)8-17-9-13(14)11-21-2/h3-4,6,8-9H,5,7,10-11H2,1-2H3. The molecule has 2 aromatic rings. The fraction of sp³-hybridized carbons (Fsp3) is 0.375. The summed E-state index contributed by atoms with van der Waals surface area (Å²) in [6.45, 7) is 1.92. The third-order valence-corrected chi connectivity index (χ3v) is 3.98. The molecule has 3 rings (SSSR count). The fourth-order valence-electron chi connectivity index (χ4n) is 2.87. The average molecular weight is 285 g/mol. The Balaban J connectivity index is 1.83. The van der Waals surface area contributed by atoms with Gasteiger partial charge in [-0.2, -0.15) is 0 Å². The SMILES string of the molecule is COCc1cncc2c1CCN(C(=O)c1cccn1C)C2. The lowest BCUT2D eigenvalue weighted by atomic mass is 9.97. The van der Waals surface area contributed by atoms with Gasteiger partial charge in [0.05, 0.1) is 6.61 Å². The number of hydrogen-bond acceptors (Lipinski definition) is 3. The van der Waals surface area contributed by atoms with Gasteiger partial charge in [-0.15, -0.1) is 0 Å². The van der Waals surface area contributed by atoms with Crippen LogP contribution in [0.1, 0.15) is 27.2 Å². The molecular formula is C16H19N3O2. The molecule has 1 amide bonds. The summed E-state index contributed by atoms with van der Waals surface area (Å²) in [6, 6.07) is 3.75. The smallest absolute Gasteiger partial charge is 0.270 e. The Morgan fingerprint density at radius 3 is 3.00 bits per heavy atom. The van der Waals surface area contributed by atoms with Crippen LogP contribution < -0.4 is 0 Å². The molecule has 0 N–H and O–H groups in total. The van der Waals surface area contributed by atoms with E-state index in [1.165, 1.54) is 5.56 Å². The van der Waals surface area contributed by atoms with Gasteiger partial charge in [0, 0.05) is 45.8 Å². The second kappa shape index (κ2) is 5.69. The van der Waals surface area contributed by atoms with Crippen LogP contribution in [0.25, 0.3) is 0 Å². The van der Waals surface area contributed by atoms with Gasteiger partial charge in [-0.05, 0) is 35.2 Å². The maximum atomic E-state index is 12.6. The van der Waals surface area contributed by atoms with E-state index in [4.69, 9.17) is 4.74 Å². The number of aryl methyl sites for hydroxylation is 1. The first-order chi connectivity index (χ1) is 10.2. The highest BCUT2D eigenvalue weighted by Crippen LogP contribution is 2.23. The Morgan fingerprint density at radius 1 is 1.43 bits per heavy atom. The molecule has 0 spiro atoms. The largest absolute Gasteiger partial charge is 0.380 e. The predicted molar refractivity (Wildman–Crippen MR) is 78.8 cm³/mol. The summed E-state index contributed by atoms with van der Waals surface area (Å²) < 4.78 is 7.08. The first-order valence-electron chi connectivity index (χ1n) is 7.05. The molecule has 0 saturated carbocycles. The molecule has 5 heteroatoms. The molecule has 3 heterocycles. The van der Waals surface area contributed by atoms with E-state index < -0.39 is 0 Å². The molecule has 0 unspecified atom stereocenters. The van der Waals surface area contributed by atoms with E-state index in [1.807, 2.05) is 47.2 Å². The molecule has 2 aromatic heterocycles. The topological polar surface area (TPSA) is 47.4 Å². The summed E-state index contributed by atoms with van der Waals surface area (Å²) in [5.41, 5.74) is 4.25. The van der Waals surface area contributed by atoms with Gasteiger partial charge >= 0.3 is 0 Å². The number of hydrogen-bond donors (Lipinski definition) is 0. The van der Waals surface area contributed by atoms with E-state index in [0.717, 1.165) is 29.8 Å². The lowest BCUT2D eigenvalue weighted by Crippen LogP contribution is -2.37. The average Bonchev–Trinajstić information content (AvgIpc) is 2.93. The van der Waals surface area contributed by atoms with Crippen LogP contribution in [0.15, 0.2) is 30.7 Å². The summed E-state index contributed by atoms with van der Waals surface area (Å²) in [6.07, 6.45) is 6.46. The van der Waals surface area contributed by atoms with Crippen molar-refractivity contribution in [2.45, 2.75) is 19.6 Å². The van der Waals surface area contributed by atoms with Crippen molar-refractivity contribution in [3.8, 4) is 0 Å². The molecule has 0 aromatic carbocycles. The van der Waals surface area contributed by atoms with E-state index in [2.05, 4.69) is 4.98 Å². The number of carbonyl (C=O) groups is 1. The minimum atomic E-state index is 0.0743. The number of methoxy groups -OCH3 is 1. The number of nitrogens with zero attached hydrogens (tertiary/aromatic N) is 3. The lowest BCUT2D eigenvalue weighted by molar-refractivity contribution is 0.0724. The molecule has 0 radical (unpaired) electrons. The zero-order valence-corrected chi connectivity index (χ0v) is 12.4. The zero-order chi connectivity index (χ0) is 14.8. The van der Waals surface area contributed by atoms with E-state index >= 15 is 0 Å². The van der Waals surface area contributed by atoms with Crippen molar-refractivity contribution < 1.29 is 9.53 Å². The summed E-state index contributed by atoms with van der Waals surface area (Å²) in [5.74, 6) is 0.0743. The van der Waals surface area contributed by atoms with E-state index in [1.54, 1.807) is 7.11 Å². The highest BCUT2D eigenvalue weighted by atomic mass is 16.5. The fourth-order valence-corrected chi connectivity index (χ4v) is 2.87. The van der Waals surface area contributed by atoms with Gasteiger partial charge in [-0.1, -0.05) is 0 Å². The maximum Gasteiger partial charge on any atom is 0.270 e. The number of carbonyl (C=O) groups excluding carboxylic acids is 1. The third-order valence-electron chi connectivity index (χ3n) is 3.98. The van der Waals surface area contributed by atoms with Gasteiger partial charge in [-0.25, -0.2) is 0 Å². The Kier molecular flexibility index (Phi) is 3.75. The van der Waals surface area contributed by atoms with Crippen LogP contribution >= 0.6 is 0 Å². The molecule has 5 nitrogen and oxygen atoms in total. The number of aromatic nitrogens is 2. The van der Waals surface area contributed by atoms with E-state index in [9.17, 15) is 4.79 Å². The van der Waals surface area contributed by atoms with Crippen molar-refractivity contribution >= 4 is 5.91 Å². The van der Waals surface area contributed by atoms with Crippen LogP contribution in [-0.2, 0) is 31.4 Å². The Hall–Kier alpha value is -2.14. The second-order valence-corrected chi connectivity index (χ2v) is 5.35. The number of ether oxygens (including phenoxy) is 1. The second-order valence-electron chi connectivity index (χ2n) is 5.35. The van der Waals surface area contributed by atoms with Crippen molar-refractivity contribution in [2.75, 3.05) is 13.7 Å². The third kappa shape index (κ3) is 2.56. The molecule has 0 saturated heterocycles. The van der Waals surface area contributed by atoms with Crippen molar-refractivity contribution in [1.82, 2.24) is 14.5 Å². The summed E-state index contributed by atoms with van der Waals surface area (Å²) >= 11 is 0. The molecule has 0 atom stereocenters. The van der Waals surface area contributed by atoms with Crippen LogP contribution in [0.3, 0.4) is 0 Å². The lowest BCUT2D eigenvalue weighted by Gasteiger charge is -2.30. The van der Waals surface area contributed by atoms with E-state index in [0.29, 0.717) is 13.2 Å². The highest BCUT2D eigenvalue weighted by Gasteiger charge is 2.24. The Bertz CT molecular complexity index is 663. The highest BCUT2D eigenvalue weighted by molar-refractivity contribution is 5.92. The van der Waals surface area contributed by atoms with Gasteiger partial charge in [0.1, 0.15) is 5.69 Å². The summed E-state index contributed by atoms with van der Waals surface area (Å²) in [4.78, 5) is 18.7. The summed E-state index contributed by atoms with van der Waals surface area (Å²) in [7, 11) is 3.58. The van der Waals surface area contributed by atoms with Gasteiger partial charge in [0.2, 0.25) is 0 Å². The van der Waals surface area contributed by atoms with E-state index in [-0.39, 0.29) is 5.91 Å². The molecule has 0 bridgehead atoms. The molecule has 1 aliphatic heterocycles. The molecular weight excluding hydrogens is 266 g/mol. The number of rotatable bonds is 3. The monoisotopic (exact) mass is 285 g/mol. The van der Waals surface area contributed by atoms with Gasteiger partial charge in [0.25, 0.3) is 5.91 Å². The predicted octanol–water partition coefficient (Wildman–Crippen LogP) is 1.77. The molecule has 1 aliphatic rings. The number of fused-ring (bicyclic) bond motifs is 1. The van der Waals surface area contributed by atoms with Crippen molar-refractivity contribution in [3.63, 3.8) is 0 Å². The van der Waals surface area contributed by atoms with Crippen molar-refractivity contribution in [1.29, 1.82) is 0 Å². The Labute approximate surface area is 124 Å². The van der Waals surface area contributed by atoms with Crippen LogP contribution in [0.2, 0.25) is 0 Å². The van der Waals surface area contributed by atoms with Crippen LogP contribution in [0, 0.1) is 0 Å². The number of pyridine rings is 1. The first kappa shape index (κ1) is 13.8. The molecule has 0 aliphatic carbocycles. The minimum absolute atomic E-state index is 0.0743. The first-order valence-corrected chi connectivity index (χ1v) is 7.05. The molecule has 110 valence electrons. The molecule has 21 heavy (non-hydrogen) atoms. The normalized spacial score (nSPS) is 14.1. The Morgan fingerprint density at radius 2 is 2.29 bits per heavy atom. The van der Waals surface area contributed by atoms with Gasteiger partial charge in [0.15, 0.2) is 0 Å². The quantitative estimate of drug-likeness (QED) is 0.863. The summed E-state index contributed by atoms with van der Waals surface area (Å²) in [5, 5.41) is 0. The molecule has 0 fully saturated rings. The van der Waals surface area contributed by atoms with Crippen LogP contribution in [0.5, 0.6) is 0 Å². The van der Waals surface area contributed by atoms with Gasteiger partial charge < -0.3 is 14.2 Å². The van der Waals surface area contributed by atoms with Gasteiger partial charge in [-0.3, -0.25) is 9.78 Å². The van der Waals surface area contributed by atoms with Crippen LogP contribution in [0.4, 0.5) is 0 Å². The van der Waals surface area contributed by atoms with Crippen molar-refractivity contribution in [2.24, 2.45) is 7.05 Å². The van der Waals surface area contributed by atoms with Crippen LogP contribution in [-0.4, -0.2) is 34.0 Å². The zero-order valence-electron chi connectivity index (χ0n) is 12.4. The minimum Gasteiger partial charge on any atom is -0.380 e. The number of amides is 1. The maximum absolute atomic E-state index is 12.6.